The summed E-state index contributed by atoms with van der Waals surface area (Å²) >= 11 is 1.44. The molecule has 0 saturated heterocycles. The molecule has 1 aliphatic rings. The van der Waals surface area contributed by atoms with Gasteiger partial charge in [-0.2, -0.15) is 0 Å². The Morgan fingerprint density at radius 3 is 2.95 bits per heavy atom. The predicted molar refractivity (Wildman–Crippen MR) is 87.1 cm³/mol. The van der Waals surface area contributed by atoms with E-state index in [0.29, 0.717) is 17.1 Å². The third-order valence-corrected chi connectivity index (χ3v) is 4.91. The van der Waals surface area contributed by atoms with E-state index in [1.807, 2.05) is 23.1 Å². The summed E-state index contributed by atoms with van der Waals surface area (Å²) in [5.74, 6) is 0.805. The van der Waals surface area contributed by atoms with Gasteiger partial charge in [-0.15, -0.1) is 11.3 Å². The smallest absolute Gasteiger partial charge is 0.266 e. The average Bonchev–Trinajstić information content (AvgIpc) is 2.83. The van der Waals surface area contributed by atoms with E-state index in [1.165, 1.54) is 16.9 Å². The number of thiophene rings is 1. The number of carbonyl (C=O) groups excluding carboxylic acids is 1. The summed E-state index contributed by atoms with van der Waals surface area (Å²) in [5, 5.41) is 0.924. The minimum absolute atomic E-state index is 0.0279. The number of methoxy groups -OCH3 is 1. The van der Waals surface area contributed by atoms with Gasteiger partial charge in [0.1, 0.15) is 10.6 Å². The number of nitrogen functional groups attached to an aromatic ring is 1. The molecule has 0 fully saturated rings. The first-order chi connectivity index (χ1) is 10.1. The van der Waals surface area contributed by atoms with E-state index in [9.17, 15) is 4.79 Å². The normalized spacial score (nSPS) is 15.1. The van der Waals surface area contributed by atoms with E-state index in [0.717, 1.165) is 28.8 Å². The molecule has 0 bridgehead atoms. The van der Waals surface area contributed by atoms with Gasteiger partial charge in [-0.25, -0.2) is 0 Å². The number of anilines is 1. The first kappa shape index (κ1) is 13.9. The Bertz CT molecular complexity index is 733. The maximum atomic E-state index is 12.7. The third-order valence-electron chi connectivity index (χ3n) is 3.75. The molecule has 0 aliphatic carbocycles. The summed E-state index contributed by atoms with van der Waals surface area (Å²) in [6.07, 6.45) is 3.10. The minimum Gasteiger partial charge on any atom is -0.497 e. The summed E-state index contributed by atoms with van der Waals surface area (Å²) < 4.78 is 6.21. The number of carbonyl (C=O) groups is 1. The van der Waals surface area contributed by atoms with Crippen molar-refractivity contribution in [1.82, 2.24) is 4.90 Å². The number of ether oxygens (including phenoxy) is 1. The fraction of sp³-hybridized carbons (Fsp3) is 0.312. The van der Waals surface area contributed by atoms with E-state index < -0.39 is 0 Å². The second-order valence-corrected chi connectivity index (χ2v) is 6.33. The number of hydrogen-bond acceptors (Lipinski definition) is 4. The number of nitrogens with two attached hydrogens (primary N) is 1. The molecule has 1 amide bonds. The topological polar surface area (TPSA) is 55.6 Å². The minimum atomic E-state index is 0.0279. The first-order valence-electron chi connectivity index (χ1n) is 6.91. The fourth-order valence-electron chi connectivity index (χ4n) is 2.61. The molecule has 0 saturated carbocycles. The summed E-state index contributed by atoms with van der Waals surface area (Å²) in [7, 11) is 1.63. The maximum absolute atomic E-state index is 12.7. The number of fused-ring (bicyclic) bond motifs is 1. The molecule has 110 valence electrons. The van der Waals surface area contributed by atoms with Crippen LogP contribution in [0.2, 0.25) is 0 Å². The van der Waals surface area contributed by atoms with Crippen molar-refractivity contribution in [2.24, 2.45) is 0 Å². The van der Waals surface area contributed by atoms with Gasteiger partial charge in [0.15, 0.2) is 0 Å². The quantitative estimate of drug-likeness (QED) is 0.866. The van der Waals surface area contributed by atoms with Gasteiger partial charge in [0.2, 0.25) is 0 Å². The molecule has 5 heteroatoms. The molecule has 4 nitrogen and oxygen atoms in total. The molecule has 0 radical (unpaired) electrons. The number of rotatable bonds is 2. The van der Waals surface area contributed by atoms with Gasteiger partial charge in [-0.1, -0.05) is 11.6 Å². The highest BCUT2D eigenvalue weighted by molar-refractivity contribution is 7.21. The van der Waals surface area contributed by atoms with Crippen molar-refractivity contribution in [1.29, 1.82) is 0 Å². The summed E-state index contributed by atoms with van der Waals surface area (Å²) in [4.78, 5) is 15.2. The fourth-order valence-corrected chi connectivity index (χ4v) is 3.73. The van der Waals surface area contributed by atoms with E-state index in [1.54, 1.807) is 7.11 Å². The highest BCUT2D eigenvalue weighted by Gasteiger charge is 2.23. The average molecular weight is 302 g/mol. The molecule has 0 spiro atoms. The Morgan fingerprint density at radius 2 is 2.24 bits per heavy atom. The van der Waals surface area contributed by atoms with E-state index in [-0.39, 0.29) is 5.91 Å². The number of amides is 1. The summed E-state index contributed by atoms with van der Waals surface area (Å²) in [5.41, 5.74) is 7.99. The highest BCUT2D eigenvalue weighted by Crippen LogP contribution is 2.36. The van der Waals surface area contributed by atoms with Crippen LogP contribution in [0.4, 0.5) is 5.69 Å². The van der Waals surface area contributed by atoms with Gasteiger partial charge in [0, 0.05) is 23.2 Å². The van der Waals surface area contributed by atoms with Gasteiger partial charge < -0.3 is 15.4 Å². The third kappa shape index (κ3) is 2.49. The monoisotopic (exact) mass is 302 g/mol. The standard InChI is InChI=1S/C16H18N2O2S/c1-10-4-3-7-18(9-10)16(19)15-14(17)12-6-5-11(20-2)8-13(12)21-15/h4-6,8H,3,7,9,17H2,1-2H3. The van der Waals surface area contributed by atoms with Crippen LogP contribution in [-0.2, 0) is 0 Å². The molecular formula is C16H18N2O2S. The largest absolute Gasteiger partial charge is 0.497 e. The van der Waals surface area contributed by atoms with Crippen LogP contribution >= 0.6 is 11.3 Å². The molecule has 2 N–H and O–H groups in total. The molecule has 1 aromatic carbocycles. The number of nitrogens with zero attached hydrogens (tertiary/aromatic N) is 1. The van der Waals surface area contributed by atoms with Gasteiger partial charge in [0.25, 0.3) is 5.91 Å². The second kappa shape index (κ2) is 5.41. The Labute approximate surface area is 127 Å². The molecule has 0 unspecified atom stereocenters. The summed E-state index contributed by atoms with van der Waals surface area (Å²) in [6, 6.07) is 5.71. The van der Waals surface area contributed by atoms with Crippen molar-refractivity contribution in [2.45, 2.75) is 13.3 Å². The van der Waals surface area contributed by atoms with E-state index in [4.69, 9.17) is 10.5 Å². The van der Waals surface area contributed by atoms with Gasteiger partial charge in [-0.3, -0.25) is 4.79 Å². The Balaban J connectivity index is 1.98. The van der Waals surface area contributed by atoms with Gasteiger partial charge in [0.05, 0.1) is 12.8 Å². The van der Waals surface area contributed by atoms with Crippen molar-refractivity contribution in [3.8, 4) is 5.75 Å². The predicted octanol–water partition coefficient (Wildman–Crippen LogP) is 3.28. The molecule has 2 aromatic rings. The Morgan fingerprint density at radius 1 is 1.43 bits per heavy atom. The first-order valence-corrected chi connectivity index (χ1v) is 7.72. The van der Waals surface area contributed by atoms with Crippen molar-refractivity contribution >= 4 is 33.0 Å². The lowest BCUT2D eigenvalue weighted by Gasteiger charge is -2.25. The van der Waals surface area contributed by atoms with Crippen LogP contribution in [0.5, 0.6) is 5.75 Å². The van der Waals surface area contributed by atoms with Crippen LogP contribution in [0.25, 0.3) is 10.1 Å². The lowest BCUT2D eigenvalue weighted by molar-refractivity contribution is 0.0772. The van der Waals surface area contributed by atoms with Crippen molar-refractivity contribution in [3.05, 3.63) is 34.7 Å². The zero-order valence-electron chi connectivity index (χ0n) is 12.2. The maximum Gasteiger partial charge on any atom is 0.266 e. The number of hydrogen-bond donors (Lipinski definition) is 1. The lowest BCUT2D eigenvalue weighted by Crippen LogP contribution is -2.35. The molecular weight excluding hydrogens is 284 g/mol. The molecule has 1 aromatic heterocycles. The zero-order chi connectivity index (χ0) is 15.0. The zero-order valence-corrected chi connectivity index (χ0v) is 13.0. The van der Waals surface area contributed by atoms with Crippen LogP contribution in [0.3, 0.4) is 0 Å². The van der Waals surface area contributed by atoms with Crippen molar-refractivity contribution < 1.29 is 9.53 Å². The van der Waals surface area contributed by atoms with E-state index in [2.05, 4.69) is 13.0 Å². The lowest BCUT2D eigenvalue weighted by atomic mass is 10.1. The van der Waals surface area contributed by atoms with Crippen molar-refractivity contribution in [3.63, 3.8) is 0 Å². The van der Waals surface area contributed by atoms with Crippen LogP contribution < -0.4 is 10.5 Å². The molecule has 0 atom stereocenters. The highest BCUT2D eigenvalue weighted by atomic mass is 32.1. The summed E-state index contributed by atoms with van der Waals surface area (Å²) in [6.45, 7) is 3.50. The Kier molecular flexibility index (Phi) is 3.59. The Hall–Kier alpha value is -2.01. The van der Waals surface area contributed by atoms with E-state index >= 15 is 0 Å². The van der Waals surface area contributed by atoms with Crippen LogP contribution in [0, 0.1) is 0 Å². The molecule has 1 aliphatic heterocycles. The number of benzene rings is 1. The van der Waals surface area contributed by atoms with Crippen LogP contribution in [-0.4, -0.2) is 31.0 Å². The molecule has 3 rings (SSSR count). The van der Waals surface area contributed by atoms with Crippen molar-refractivity contribution in [2.75, 3.05) is 25.9 Å². The van der Waals surface area contributed by atoms with Gasteiger partial charge >= 0.3 is 0 Å². The van der Waals surface area contributed by atoms with Crippen LogP contribution in [0.15, 0.2) is 29.8 Å². The molecule has 21 heavy (non-hydrogen) atoms. The van der Waals surface area contributed by atoms with Crippen LogP contribution in [0.1, 0.15) is 23.0 Å². The van der Waals surface area contributed by atoms with Gasteiger partial charge in [-0.05, 0) is 31.5 Å². The second-order valence-electron chi connectivity index (χ2n) is 5.27. The molecule has 2 heterocycles. The SMILES string of the molecule is COc1ccc2c(N)c(C(=O)N3CCC=C(C)C3)sc2c1.